The minimum absolute atomic E-state index is 0.00624. The standard InChI is InChI=1S/C53H94N16O9/c1-28(2)23-39(61-33(11)70)47(74)66-41(25-30(5)6)49(76)68-42(26-31(7)8)50(77)67-40(24-29(3)4)48(75)63-37(16-14-22-60-52(56)57)46(73)69-43(32(9)10)51(78)64-36(15-12-13-21-54)45(72)65-38(44(55)71)27-34-17-19-35(20-18-34)62-53(58)59/h17-20,28-32,36-43H,12-16,21-27,54H2,1-11H3,(H2,55,71)(H,61,70)(H,63,75)(H,64,78)(H,65,72)(H,66,74)(H,67,77)(H,68,76)(H,69,73)(H4,56,57,60)(H4,58,59,62)/t36-,37-,38-,39-,40-,41-,42-,43-/m0/s1. The zero-order valence-corrected chi connectivity index (χ0v) is 47.8. The highest BCUT2D eigenvalue weighted by Crippen LogP contribution is 2.17. The Balaban J connectivity index is 3.53. The summed E-state index contributed by atoms with van der Waals surface area (Å²) in [5.74, 6) is -7.21. The highest BCUT2D eigenvalue weighted by molar-refractivity contribution is 5.98. The topological polar surface area (TPSA) is 431 Å². The summed E-state index contributed by atoms with van der Waals surface area (Å²) in [5, 5.41) is 22.0. The largest absolute Gasteiger partial charge is 0.370 e. The van der Waals surface area contributed by atoms with E-state index in [2.05, 4.69) is 52.5 Å². The SMILES string of the molecule is CC(=O)N[C@@H](CC(C)C)C(=O)N[C@@H](CC(C)C)C(=O)N[C@@H](CC(C)C)C(=O)N[C@@H](CC(C)C)C(=O)N[C@@H](CCCN=C(N)N)C(=O)N[C@H](C(=O)N[C@@H](CCCCN)C(=O)N[C@@H](Cc1ccc(N=C(N)N)cc1)C(N)=O)C(C)C. The van der Waals surface area contributed by atoms with Gasteiger partial charge in [0, 0.05) is 19.9 Å². The Bertz CT molecular complexity index is 2180. The lowest BCUT2D eigenvalue weighted by Crippen LogP contribution is -2.61. The number of benzene rings is 1. The molecule has 0 spiro atoms. The molecular formula is C53H94N16O9. The molecule has 0 aromatic heterocycles. The van der Waals surface area contributed by atoms with E-state index < -0.39 is 107 Å². The number of carbonyl (C=O) groups excluding carboxylic acids is 9. The Morgan fingerprint density at radius 3 is 1.19 bits per heavy atom. The fourth-order valence-electron chi connectivity index (χ4n) is 8.32. The van der Waals surface area contributed by atoms with Crippen molar-refractivity contribution in [1.82, 2.24) is 42.5 Å². The zero-order valence-electron chi connectivity index (χ0n) is 47.8. The molecule has 0 aliphatic heterocycles. The van der Waals surface area contributed by atoms with Crippen molar-refractivity contribution in [3.05, 3.63) is 29.8 Å². The summed E-state index contributed by atoms with van der Waals surface area (Å²) >= 11 is 0. The highest BCUT2D eigenvalue weighted by Gasteiger charge is 2.36. The van der Waals surface area contributed by atoms with Gasteiger partial charge in [-0.3, -0.25) is 48.1 Å². The molecule has 1 rings (SSSR count). The summed E-state index contributed by atoms with van der Waals surface area (Å²) in [6, 6.07) is -2.68. The third kappa shape index (κ3) is 27.8. The average Bonchev–Trinajstić information content (AvgIpc) is 3.31. The van der Waals surface area contributed by atoms with Gasteiger partial charge in [-0.2, -0.15) is 0 Å². The van der Waals surface area contributed by atoms with Crippen LogP contribution in [0.3, 0.4) is 0 Å². The second-order valence-corrected chi connectivity index (χ2v) is 21.9. The van der Waals surface area contributed by atoms with Gasteiger partial charge in [0.1, 0.15) is 48.3 Å². The fraction of sp³-hybridized carbons (Fsp3) is 0.679. The third-order valence-electron chi connectivity index (χ3n) is 12.1. The van der Waals surface area contributed by atoms with Gasteiger partial charge in [0.15, 0.2) is 11.9 Å². The van der Waals surface area contributed by atoms with Gasteiger partial charge in [0.25, 0.3) is 0 Å². The number of nitrogens with zero attached hydrogens (tertiary/aromatic N) is 2. The van der Waals surface area contributed by atoms with Gasteiger partial charge in [-0.15, -0.1) is 0 Å². The maximum absolute atomic E-state index is 14.4. The van der Waals surface area contributed by atoms with Gasteiger partial charge >= 0.3 is 0 Å². The van der Waals surface area contributed by atoms with Crippen LogP contribution in [0.25, 0.3) is 0 Å². The fourth-order valence-corrected chi connectivity index (χ4v) is 8.32. The molecule has 0 heterocycles. The molecule has 0 radical (unpaired) electrons. The van der Waals surface area contributed by atoms with Crippen molar-refractivity contribution in [3.8, 4) is 0 Å². The van der Waals surface area contributed by atoms with E-state index in [9.17, 15) is 43.2 Å². The number of hydrogen-bond acceptors (Lipinski definition) is 12. The summed E-state index contributed by atoms with van der Waals surface area (Å²) < 4.78 is 0. The molecule has 0 aliphatic rings. The van der Waals surface area contributed by atoms with Gasteiger partial charge in [-0.05, 0) is 112 Å². The van der Waals surface area contributed by atoms with Crippen LogP contribution in [0.2, 0.25) is 0 Å². The molecule has 440 valence electrons. The first kappa shape index (κ1) is 69.0. The maximum atomic E-state index is 14.4. The van der Waals surface area contributed by atoms with Crippen LogP contribution in [0.5, 0.6) is 0 Å². The van der Waals surface area contributed by atoms with Crippen molar-refractivity contribution in [1.29, 1.82) is 0 Å². The molecule has 0 unspecified atom stereocenters. The Morgan fingerprint density at radius 2 is 0.821 bits per heavy atom. The average molecular weight is 1100 g/mol. The Labute approximate surface area is 460 Å². The summed E-state index contributed by atoms with van der Waals surface area (Å²) in [4.78, 5) is 131. The number of unbranched alkanes of at least 4 members (excludes halogenated alkanes) is 1. The van der Waals surface area contributed by atoms with Crippen LogP contribution >= 0.6 is 0 Å². The van der Waals surface area contributed by atoms with Crippen molar-refractivity contribution in [2.24, 2.45) is 74.0 Å². The van der Waals surface area contributed by atoms with Gasteiger partial charge in [-0.25, -0.2) is 4.99 Å². The first-order valence-electron chi connectivity index (χ1n) is 27.1. The second kappa shape index (κ2) is 35.4. The van der Waals surface area contributed by atoms with Crippen LogP contribution in [0.4, 0.5) is 5.69 Å². The van der Waals surface area contributed by atoms with E-state index >= 15 is 0 Å². The van der Waals surface area contributed by atoms with Gasteiger partial charge in [-0.1, -0.05) is 81.4 Å². The molecular weight excluding hydrogens is 1000 g/mol. The summed E-state index contributed by atoms with van der Waals surface area (Å²) in [6.07, 6.45) is 2.04. The minimum Gasteiger partial charge on any atom is -0.370 e. The van der Waals surface area contributed by atoms with Crippen molar-refractivity contribution in [2.45, 2.75) is 189 Å². The molecule has 0 bridgehead atoms. The van der Waals surface area contributed by atoms with Crippen LogP contribution in [-0.4, -0.2) is 127 Å². The lowest BCUT2D eigenvalue weighted by molar-refractivity contribution is -0.136. The lowest BCUT2D eigenvalue weighted by Gasteiger charge is -2.30. The third-order valence-corrected chi connectivity index (χ3v) is 12.1. The first-order chi connectivity index (χ1) is 36.4. The second-order valence-electron chi connectivity index (χ2n) is 21.9. The lowest BCUT2D eigenvalue weighted by atomic mass is 9.97. The van der Waals surface area contributed by atoms with E-state index in [1.165, 1.54) is 6.92 Å². The monoisotopic (exact) mass is 1100 g/mol. The molecule has 0 fully saturated rings. The molecule has 1 aromatic carbocycles. The molecule has 9 amide bonds. The molecule has 8 atom stereocenters. The molecule has 25 nitrogen and oxygen atoms in total. The Hall–Kier alpha value is -7.05. The predicted octanol–water partition coefficient (Wildman–Crippen LogP) is -0.459. The number of nitrogens with one attached hydrogen (secondary N) is 8. The van der Waals surface area contributed by atoms with Gasteiger partial charge in [0.2, 0.25) is 53.2 Å². The van der Waals surface area contributed by atoms with Crippen molar-refractivity contribution in [3.63, 3.8) is 0 Å². The molecule has 78 heavy (non-hydrogen) atoms. The molecule has 25 heteroatoms. The number of carbonyl (C=O) groups is 9. The Kier molecular flexibility index (Phi) is 31.3. The summed E-state index contributed by atoms with van der Waals surface area (Å²) in [5.41, 5.74) is 34.6. The van der Waals surface area contributed by atoms with Gasteiger partial charge < -0.3 is 76.9 Å². The van der Waals surface area contributed by atoms with E-state index in [0.717, 1.165) is 0 Å². The molecule has 1 aromatic rings. The van der Waals surface area contributed by atoms with Crippen molar-refractivity contribution < 1.29 is 43.2 Å². The number of guanidine groups is 2. The van der Waals surface area contributed by atoms with E-state index in [1.54, 1.807) is 38.1 Å². The van der Waals surface area contributed by atoms with Crippen molar-refractivity contribution in [2.75, 3.05) is 13.1 Å². The highest BCUT2D eigenvalue weighted by atomic mass is 16.2. The van der Waals surface area contributed by atoms with Crippen LogP contribution in [0.1, 0.15) is 140 Å². The Morgan fingerprint density at radius 1 is 0.449 bits per heavy atom. The summed E-state index contributed by atoms with van der Waals surface area (Å²) in [7, 11) is 0. The predicted molar refractivity (Wildman–Crippen MR) is 301 cm³/mol. The number of rotatable bonds is 36. The van der Waals surface area contributed by atoms with E-state index in [4.69, 9.17) is 34.4 Å². The van der Waals surface area contributed by atoms with E-state index in [1.807, 2.05) is 55.4 Å². The number of primary amides is 1. The number of aliphatic imine (C=N–C) groups is 2. The number of amides is 9. The van der Waals surface area contributed by atoms with Crippen LogP contribution < -0.4 is 76.9 Å². The van der Waals surface area contributed by atoms with Crippen molar-refractivity contribution >= 4 is 70.8 Å². The molecule has 20 N–H and O–H groups in total. The smallest absolute Gasteiger partial charge is 0.243 e. The molecule has 0 aliphatic carbocycles. The zero-order chi connectivity index (χ0) is 59.4. The van der Waals surface area contributed by atoms with Crippen LogP contribution in [0.15, 0.2) is 34.3 Å². The van der Waals surface area contributed by atoms with E-state index in [-0.39, 0.29) is 87.1 Å². The quantitative estimate of drug-likeness (QED) is 0.0230. The maximum Gasteiger partial charge on any atom is 0.243 e. The molecule has 0 saturated heterocycles. The van der Waals surface area contributed by atoms with Crippen LogP contribution in [0, 0.1) is 29.6 Å². The van der Waals surface area contributed by atoms with E-state index in [0.29, 0.717) is 37.1 Å². The summed E-state index contributed by atoms with van der Waals surface area (Å²) in [6.45, 7) is 20.0. The normalized spacial score (nSPS) is 14.4. The minimum atomic E-state index is -1.30. The van der Waals surface area contributed by atoms with Gasteiger partial charge in [0.05, 0.1) is 5.69 Å². The number of hydrogen-bond donors (Lipinski definition) is 14. The molecule has 0 saturated carbocycles. The van der Waals surface area contributed by atoms with Crippen LogP contribution in [-0.2, 0) is 49.6 Å². The first-order valence-corrected chi connectivity index (χ1v) is 27.1. The number of nitrogens with two attached hydrogens (primary N) is 6.